The molecular weight excluding hydrogens is 276 g/mol. The standard InChI is InChI=1S/C17H28N4O/c1-12-16(13(2)20-19-12)17(22)18-15-7-9-21(10-8-15)11-14-5-3-4-6-14/h14-15H,3-11H2,1-2H3,(H,18,22)(H,19,20). The molecule has 1 aliphatic heterocycles. The fraction of sp³-hybridized carbons (Fsp3) is 0.765. The van der Waals surface area contributed by atoms with Crippen molar-refractivity contribution in [3.8, 4) is 0 Å². The minimum absolute atomic E-state index is 0.0259. The molecule has 0 unspecified atom stereocenters. The minimum atomic E-state index is 0.0259. The first-order chi connectivity index (χ1) is 10.6. The molecule has 22 heavy (non-hydrogen) atoms. The van der Waals surface area contributed by atoms with E-state index in [0.29, 0.717) is 11.6 Å². The van der Waals surface area contributed by atoms with Gasteiger partial charge in [-0.2, -0.15) is 5.10 Å². The average Bonchev–Trinajstić information content (AvgIpc) is 3.11. The Morgan fingerprint density at radius 3 is 2.50 bits per heavy atom. The highest BCUT2D eigenvalue weighted by molar-refractivity contribution is 5.96. The number of aromatic amines is 1. The maximum absolute atomic E-state index is 12.4. The van der Waals surface area contributed by atoms with Crippen LogP contribution >= 0.6 is 0 Å². The lowest BCUT2D eigenvalue weighted by Gasteiger charge is -2.33. The van der Waals surface area contributed by atoms with Crippen molar-refractivity contribution in [2.45, 2.75) is 58.4 Å². The third kappa shape index (κ3) is 3.51. The van der Waals surface area contributed by atoms with Crippen molar-refractivity contribution in [3.63, 3.8) is 0 Å². The normalized spacial score (nSPS) is 21.4. The van der Waals surface area contributed by atoms with E-state index in [1.54, 1.807) is 0 Å². The van der Waals surface area contributed by atoms with Gasteiger partial charge in [0.2, 0.25) is 0 Å². The van der Waals surface area contributed by atoms with E-state index in [0.717, 1.165) is 43.2 Å². The van der Waals surface area contributed by atoms with Crippen LogP contribution in [0.3, 0.4) is 0 Å². The van der Waals surface area contributed by atoms with Gasteiger partial charge in [-0.3, -0.25) is 9.89 Å². The first-order valence-electron chi connectivity index (χ1n) is 8.68. The number of aryl methyl sites for hydroxylation is 2. The summed E-state index contributed by atoms with van der Waals surface area (Å²) < 4.78 is 0. The van der Waals surface area contributed by atoms with Gasteiger partial charge in [0.15, 0.2) is 0 Å². The van der Waals surface area contributed by atoms with Crippen LogP contribution in [0.5, 0.6) is 0 Å². The molecule has 2 fully saturated rings. The van der Waals surface area contributed by atoms with Crippen molar-refractivity contribution in [2.75, 3.05) is 19.6 Å². The number of rotatable bonds is 4. The number of hydrogen-bond acceptors (Lipinski definition) is 3. The van der Waals surface area contributed by atoms with Gasteiger partial charge >= 0.3 is 0 Å². The molecule has 2 aliphatic rings. The Kier molecular flexibility index (Phi) is 4.81. The zero-order chi connectivity index (χ0) is 15.5. The predicted molar refractivity (Wildman–Crippen MR) is 86.9 cm³/mol. The molecule has 1 aromatic heterocycles. The highest BCUT2D eigenvalue weighted by Crippen LogP contribution is 2.26. The molecule has 0 aromatic carbocycles. The third-order valence-electron chi connectivity index (χ3n) is 5.27. The van der Waals surface area contributed by atoms with Gasteiger partial charge in [0, 0.05) is 31.4 Å². The summed E-state index contributed by atoms with van der Waals surface area (Å²) in [6.45, 7) is 7.28. The van der Waals surface area contributed by atoms with E-state index in [9.17, 15) is 4.79 Å². The van der Waals surface area contributed by atoms with Gasteiger partial charge in [-0.1, -0.05) is 12.8 Å². The lowest BCUT2D eigenvalue weighted by molar-refractivity contribution is 0.0904. The number of H-pyrrole nitrogens is 1. The van der Waals surface area contributed by atoms with Crippen molar-refractivity contribution in [1.29, 1.82) is 0 Å². The first kappa shape index (κ1) is 15.5. The number of hydrogen-bond donors (Lipinski definition) is 2. The van der Waals surface area contributed by atoms with Crippen LogP contribution < -0.4 is 5.32 Å². The van der Waals surface area contributed by atoms with Crippen molar-refractivity contribution < 1.29 is 4.79 Å². The molecule has 1 aliphatic carbocycles. The van der Waals surface area contributed by atoms with E-state index in [1.165, 1.54) is 32.2 Å². The van der Waals surface area contributed by atoms with Gasteiger partial charge in [-0.25, -0.2) is 0 Å². The summed E-state index contributed by atoms with van der Waals surface area (Å²) in [5, 5.41) is 10.2. The number of nitrogens with one attached hydrogen (secondary N) is 2. The van der Waals surface area contributed by atoms with Crippen molar-refractivity contribution in [2.24, 2.45) is 5.92 Å². The number of likely N-dealkylation sites (tertiary alicyclic amines) is 1. The highest BCUT2D eigenvalue weighted by atomic mass is 16.1. The quantitative estimate of drug-likeness (QED) is 0.898. The SMILES string of the molecule is Cc1n[nH]c(C)c1C(=O)NC1CCN(CC2CCCC2)CC1. The predicted octanol–water partition coefficient (Wildman–Crippen LogP) is 2.41. The fourth-order valence-corrected chi connectivity index (χ4v) is 3.96. The van der Waals surface area contributed by atoms with E-state index in [-0.39, 0.29) is 5.91 Å². The van der Waals surface area contributed by atoms with Gasteiger partial charge in [0.05, 0.1) is 11.3 Å². The van der Waals surface area contributed by atoms with Gasteiger partial charge in [-0.15, -0.1) is 0 Å². The molecule has 0 spiro atoms. The maximum Gasteiger partial charge on any atom is 0.255 e. The molecule has 1 amide bonds. The van der Waals surface area contributed by atoms with Crippen LogP contribution in [0, 0.1) is 19.8 Å². The molecule has 0 atom stereocenters. The second-order valence-electron chi connectivity index (χ2n) is 7.01. The summed E-state index contributed by atoms with van der Waals surface area (Å²) in [4.78, 5) is 15.0. The Balaban J connectivity index is 1.46. The molecule has 1 aromatic rings. The van der Waals surface area contributed by atoms with Gasteiger partial charge in [-0.05, 0) is 45.4 Å². The molecule has 2 N–H and O–H groups in total. The molecule has 2 heterocycles. The monoisotopic (exact) mass is 304 g/mol. The van der Waals surface area contributed by atoms with E-state index in [2.05, 4.69) is 20.4 Å². The maximum atomic E-state index is 12.4. The lowest BCUT2D eigenvalue weighted by Crippen LogP contribution is -2.45. The second-order valence-corrected chi connectivity index (χ2v) is 7.01. The van der Waals surface area contributed by atoms with Crippen LogP contribution in [0.4, 0.5) is 0 Å². The Morgan fingerprint density at radius 1 is 1.23 bits per heavy atom. The summed E-state index contributed by atoms with van der Waals surface area (Å²) in [5.74, 6) is 0.945. The topological polar surface area (TPSA) is 61.0 Å². The second kappa shape index (κ2) is 6.82. The first-order valence-corrected chi connectivity index (χ1v) is 8.68. The van der Waals surface area contributed by atoms with E-state index < -0.39 is 0 Å². The van der Waals surface area contributed by atoms with Crippen molar-refractivity contribution >= 4 is 5.91 Å². The van der Waals surface area contributed by atoms with Crippen LogP contribution in [0.15, 0.2) is 0 Å². The van der Waals surface area contributed by atoms with Crippen LogP contribution in [-0.2, 0) is 0 Å². The smallest absolute Gasteiger partial charge is 0.255 e. The summed E-state index contributed by atoms with van der Waals surface area (Å²) in [6.07, 6.45) is 7.79. The molecule has 122 valence electrons. The molecule has 1 saturated heterocycles. The minimum Gasteiger partial charge on any atom is -0.349 e. The average molecular weight is 304 g/mol. The van der Waals surface area contributed by atoms with Gasteiger partial charge in [0.1, 0.15) is 0 Å². The zero-order valence-corrected chi connectivity index (χ0v) is 13.8. The Morgan fingerprint density at radius 2 is 1.91 bits per heavy atom. The fourth-order valence-electron chi connectivity index (χ4n) is 3.96. The molecular formula is C17H28N4O. The van der Waals surface area contributed by atoms with Crippen molar-refractivity contribution in [1.82, 2.24) is 20.4 Å². The van der Waals surface area contributed by atoms with Crippen LogP contribution in [0.1, 0.15) is 60.3 Å². The van der Waals surface area contributed by atoms with E-state index in [1.807, 2.05) is 13.8 Å². The lowest BCUT2D eigenvalue weighted by atomic mass is 10.0. The number of nitrogens with zero attached hydrogens (tertiary/aromatic N) is 2. The summed E-state index contributed by atoms with van der Waals surface area (Å²) in [6, 6.07) is 0.307. The van der Waals surface area contributed by atoms with E-state index in [4.69, 9.17) is 0 Å². The molecule has 0 radical (unpaired) electrons. The zero-order valence-electron chi connectivity index (χ0n) is 13.8. The number of piperidine rings is 1. The summed E-state index contributed by atoms with van der Waals surface area (Å²) in [7, 11) is 0. The van der Waals surface area contributed by atoms with Gasteiger partial charge < -0.3 is 10.2 Å². The molecule has 1 saturated carbocycles. The number of carbonyl (C=O) groups is 1. The van der Waals surface area contributed by atoms with Crippen LogP contribution in [0.25, 0.3) is 0 Å². The molecule has 5 heteroatoms. The highest BCUT2D eigenvalue weighted by Gasteiger charge is 2.25. The summed E-state index contributed by atoms with van der Waals surface area (Å²) >= 11 is 0. The number of aromatic nitrogens is 2. The third-order valence-corrected chi connectivity index (χ3v) is 5.27. The van der Waals surface area contributed by atoms with Crippen molar-refractivity contribution in [3.05, 3.63) is 17.0 Å². The molecule has 3 rings (SSSR count). The van der Waals surface area contributed by atoms with Gasteiger partial charge in [0.25, 0.3) is 5.91 Å². The Bertz CT molecular complexity index is 491. The largest absolute Gasteiger partial charge is 0.349 e. The number of carbonyl (C=O) groups excluding carboxylic acids is 1. The number of amides is 1. The van der Waals surface area contributed by atoms with E-state index >= 15 is 0 Å². The molecule has 0 bridgehead atoms. The Labute approximate surface area is 132 Å². The molecule has 5 nitrogen and oxygen atoms in total. The van der Waals surface area contributed by atoms with Crippen LogP contribution in [0.2, 0.25) is 0 Å². The van der Waals surface area contributed by atoms with Crippen LogP contribution in [-0.4, -0.2) is 46.7 Å². The summed E-state index contributed by atoms with van der Waals surface area (Å²) in [5.41, 5.74) is 2.36. The Hall–Kier alpha value is -1.36.